The summed E-state index contributed by atoms with van der Waals surface area (Å²) in [5, 5.41) is 87.9. The number of hydrogen-bond donors (Lipinski definition) is 9. The number of aliphatic hydroxyl groups excluding tert-OH is 8. The fraction of sp³-hybridized carbons (Fsp3) is 0.988. The van der Waals surface area contributed by atoms with E-state index in [1.165, 1.54) is 340 Å². The predicted octanol–water partition coefficient (Wildman–Crippen LogP) is 19.1. The summed E-state index contributed by atoms with van der Waals surface area (Å²) in [4.78, 5) is 13.4. The van der Waals surface area contributed by atoms with Crippen molar-refractivity contribution >= 4 is 5.91 Å². The minimum absolute atomic E-state index is 0.194. The first-order valence-electron chi connectivity index (χ1n) is 41.8. The molecular formula is C81H159NO13. The normalized spacial score (nSPS) is 22.2. The van der Waals surface area contributed by atoms with E-state index in [-0.39, 0.29) is 12.5 Å². The summed E-state index contributed by atoms with van der Waals surface area (Å²) in [6.07, 6.45) is 65.9. The summed E-state index contributed by atoms with van der Waals surface area (Å²) in [6.45, 7) is 2.95. The molecule has 9 N–H and O–H groups in total. The van der Waals surface area contributed by atoms with Crippen molar-refractivity contribution in [3.8, 4) is 0 Å². The van der Waals surface area contributed by atoms with Crippen LogP contribution in [0.25, 0.3) is 0 Å². The largest absolute Gasteiger partial charge is 0.394 e. The van der Waals surface area contributed by atoms with Crippen LogP contribution in [-0.4, -0.2) is 140 Å². The summed E-state index contributed by atoms with van der Waals surface area (Å²) >= 11 is 0. The van der Waals surface area contributed by atoms with Gasteiger partial charge in [0.2, 0.25) is 5.91 Å². The zero-order chi connectivity index (χ0) is 68.7. The van der Waals surface area contributed by atoms with Crippen LogP contribution in [-0.2, 0) is 23.7 Å². The Balaban J connectivity index is 1.58. The number of nitrogens with one attached hydrogen (secondary N) is 1. The lowest BCUT2D eigenvalue weighted by atomic mass is 9.97. The van der Waals surface area contributed by atoms with E-state index in [1.807, 2.05) is 0 Å². The highest BCUT2D eigenvalue weighted by molar-refractivity contribution is 5.76. The fourth-order valence-corrected chi connectivity index (χ4v) is 14.5. The molecule has 2 aliphatic rings. The molecule has 0 aromatic heterocycles. The van der Waals surface area contributed by atoms with Crippen molar-refractivity contribution in [3.63, 3.8) is 0 Å². The molecule has 14 heteroatoms. The fourth-order valence-electron chi connectivity index (χ4n) is 14.5. The molecule has 1 amide bonds. The summed E-state index contributed by atoms with van der Waals surface area (Å²) in [5.41, 5.74) is 0. The average molecular weight is 1360 g/mol. The lowest BCUT2D eigenvalue weighted by molar-refractivity contribution is -0.359. The van der Waals surface area contributed by atoms with Gasteiger partial charge in [-0.1, -0.05) is 399 Å². The molecule has 0 radical (unpaired) electrons. The second-order valence-corrected chi connectivity index (χ2v) is 30.0. The van der Waals surface area contributed by atoms with Gasteiger partial charge in [-0.15, -0.1) is 0 Å². The summed E-state index contributed by atoms with van der Waals surface area (Å²) in [5.74, 6) is -0.194. The molecule has 12 atom stereocenters. The summed E-state index contributed by atoms with van der Waals surface area (Å²) in [6, 6.07) is -0.826. The van der Waals surface area contributed by atoms with Crippen LogP contribution in [0.3, 0.4) is 0 Å². The van der Waals surface area contributed by atoms with Crippen LogP contribution >= 0.6 is 0 Å². The van der Waals surface area contributed by atoms with Gasteiger partial charge in [-0.05, 0) is 12.8 Å². The van der Waals surface area contributed by atoms with E-state index in [1.54, 1.807) is 0 Å². The quantitative estimate of drug-likeness (QED) is 0.0259. The Labute approximate surface area is 584 Å². The molecule has 2 heterocycles. The molecule has 0 aliphatic carbocycles. The Bertz CT molecular complexity index is 1600. The lowest BCUT2D eigenvalue weighted by Gasteiger charge is -2.46. The standard InChI is InChI=1S/C81H159NO13/c1-3-5-7-9-11-13-15-17-19-21-23-25-27-29-31-33-34-35-36-37-39-41-43-45-47-49-51-53-55-57-59-61-63-65-73(86)82-69(68-92-80-78(91)76(89)79(72(67-84)94-80)95-81-77(90)75(88)74(87)71(66-83)93-81)70(85)64-62-60-58-56-54-52-50-48-46-44-42-40-38-32-30-28-26-24-22-20-18-16-14-12-10-8-6-4-2/h69-72,74-81,83-85,87-91H,3-68H2,1-2H3,(H,82,86). The number of hydrogen-bond acceptors (Lipinski definition) is 13. The van der Waals surface area contributed by atoms with E-state index in [9.17, 15) is 45.6 Å². The Kier molecular flexibility index (Phi) is 62.8. The van der Waals surface area contributed by atoms with Crippen LogP contribution in [0.1, 0.15) is 418 Å². The van der Waals surface area contributed by atoms with Crippen molar-refractivity contribution in [1.29, 1.82) is 0 Å². The highest BCUT2D eigenvalue weighted by atomic mass is 16.7. The van der Waals surface area contributed by atoms with Gasteiger partial charge in [-0.25, -0.2) is 0 Å². The second kappa shape index (κ2) is 66.2. The molecule has 0 spiro atoms. The summed E-state index contributed by atoms with van der Waals surface area (Å²) in [7, 11) is 0. The molecule has 12 unspecified atom stereocenters. The summed E-state index contributed by atoms with van der Waals surface area (Å²) < 4.78 is 23.0. The van der Waals surface area contributed by atoms with Gasteiger partial charge in [0.05, 0.1) is 32.0 Å². The maximum absolute atomic E-state index is 13.4. The second-order valence-electron chi connectivity index (χ2n) is 30.0. The van der Waals surface area contributed by atoms with Gasteiger partial charge in [-0.3, -0.25) is 4.79 Å². The van der Waals surface area contributed by atoms with Crippen LogP contribution in [0, 0.1) is 0 Å². The van der Waals surface area contributed by atoms with Crippen molar-refractivity contribution in [2.24, 2.45) is 0 Å². The van der Waals surface area contributed by atoms with E-state index >= 15 is 0 Å². The average Bonchev–Trinajstić information content (AvgIpc) is 0.801. The predicted molar refractivity (Wildman–Crippen MR) is 393 cm³/mol. The number of amides is 1. The minimum atomic E-state index is -1.78. The van der Waals surface area contributed by atoms with Crippen LogP contribution in [0.2, 0.25) is 0 Å². The highest BCUT2D eigenvalue weighted by Crippen LogP contribution is 2.31. The third-order valence-corrected chi connectivity index (χ3v) is 21.1. The van der Waals surface area contributed by atoms with E-state index in [0.717, 1.165) is 51.4 Å². The number of ether oxygens (including phenoxy) is 4. The number of carbonyl (C=O) groups is 1. The first-order chi connectivity index (χ1) is 46.6. The smallest absolute Gasteiger partial charge is 0.220 e. The molecule has 0 saturated carbocycles. The van der Waals surface area contributed by atoms with Gasteiger partial charge in [0.25, 0.3) is 0 Å². The topological polar surface area (TPSA) is 228 Å². The number of rotatable bonds is 72. The van der Waals surface area contributed by atoms with Gasteiger partial charge in [0, 0.05) is 6.42 Å². The molecule has 95 heavy (non-hydrogen) atoms. The molecule has 0 aromatic rings. The third-order valence-electron chi connectivity index (χ3n) is 21.1. The van der Waals surface area contributed by atoms with Crippen LogP contribution in [0.4, 0.5) is 0 Å². The van der Waals surface area contributed by atoms with Crippen molar-refractivity contribution in [2.45, 2.75) is 492 Å². The highest BCUT2D eigenvalue weighted by Gasteiger charge is 2.51. The molecule has 2 aliphatic heterocycles. The van der Waals surface area contributed by atoms with Gasteiger partial charge < -0.3 is 65.1 Å². The number of carbonyl (C=O) groups excluding carboxylic acids is 1. The Morgan fingerprint density at radius 1 is 0.337 bits per heavy atom. The monoisotopic (exact) mass is 1350 g/mol. The molecule has 14 nitrogen and oxygen atoms in total. The van der Waals surface area contributed by atoms with Crippen LogP contribution in [0.15, 0.2) is 0 Å². The number of aliphatic hydroxyl groups is 8. The molecule has 2 rings (SSSR count). The zero-order valence-corrected chi connectivity index (χ0v) is 62.2. The van der Waals surface area contributed by atoms with Crippen molar-refractivity contribution in [3.05, 3.63) is 0 Å². The van der Waals surface area contributed by atoms with Gasteiger partial charge in [0.1, 0.15) is 48.8 Å². The zero-order valence-electron chi connectivity index (χ0n) is 62.2. The maximum Gasteiger partial charge on any atom is 0.220 e. The van der Waals surface area contributed by atoms with Crippen molar-refractivity contribution in [2.75, 3.05) is 19.8 Å². The SMILES string of the molecule is CCCCCCCCCCCCCCCCCCCCCCCCCCCCCCCCCCCC(=O)NC(COC1OC(CO)C(OC2OC(CO)C(O)C(O)C2O)C(O)C1O)C(O)CCCCCCCCCCCCCCCCCCCCCCCCCCCCCC. The van der Waals surface area contributed by atoms with E-state index in [0.29, 0.717) is 12.8 Å². The Hall–Kier alpha value is -1.01. The molecule has 0 aromatic carbocycles. The lowest BCUT2D eigenvalue weighted by Crippen LogP contribution is -2.65. The van der Waals surface area contributed by atoms with Crippen LogP contribution in [0.5, 0.6) is 0 Å². The Morgan fingerprint density at radius 3 is 0.895 bits per heavy atom. The van der Waals surface area contributed by atoms with Crippen molar-refractivity contribution < 1.29 is 64.6 Å². The molecule has 566 valence electrons. The Morgan fingerprint density at radius 2 is 0.600 bits per heavy atom. The van der Waals surface area contributed by atoms with Gasteiger partial charge in [0.15, 0.2) is 12.6 Å². The first-order valence-corrected chi connectivity index (χ1v) is 41.8. The molecule has 2 fully saturated rings. The number of unbranched alkanes of at least 4 members (excludes halogenated alkanes) is 59. The van der Waals surface area contributed by atoms with Gasteiger partial charge in [-0.2, -0.15) is 0 Å². The van der Waals surface area contributed by atoms with E-state index in [4.69, 9.17) is 18.9 Å². The molecular weight excluding hydrogens is 1190 g/mol. The van der Waals surface area contributed by atoms with E-state index in [2.05, 4.69) is 19.2 Å². The first kappa shape index (κ1) is 90.1. The minimum Gasteiger partial charge on any atom is -0.394 e. The molecule has 0 bridgehead atoms. The van der Waals surface area contributed by atoms with Crippen molar-refractivity contribution in [1.82, 2.24) is 5.32 Å². The maximum atomic E-state index is 13.4. The molecule has 2 saturated heterocycles. The van der Waals surface area contributed by atoms with E-state index < -0.39 is 86.8 Å². The third kappa shape index (κ3) is 49.3. The van der Waals surface area contributed by atoms with Crippen LogP contribution < -0.4 is 5.32 Å². The van der Waals surface area contributed by atoms with Gasteiger partial charge >= 0.3 is 0 Å².